The van der Waals surface area contributed by atoms with Gasteiger partial charge in [-0.05, 0) is 49.3 Å². The molecule has 4 saturated carbocycles. The Morgan fingerprint density at radius 3 is 2.41 bits per heavy atom. The van der Waals surface area contributed by atoms with Gasteiger partial charge in [0.05, 0.1) is 12.7 Å². The summed E-state index contributed by atoms with van der Waals surface area (Å²) in [6.45, 7) is 7.48. The van der Waals surface area contributed by atoms with Crippen LogP contribution < -0.4 is 5.73 Å². The number of carbonyl (C=O) groups is 3. The molecule has 0 amide bonds. The molecule has 11 heteroatoms. The van der Waals surface area contributed by atoms with Crippen LogP contribution in [0, 0.1) is 34.4 Å². The molecular formula is C28H36F2NO8+. The molecule has 0 spiro atoms. The highest BCUT2D eigenvalue weighted by Gasteiger charge is 2.88. The van der Waals surface area contributed by atoms with Crippen molar-refractivity contribution < 1.29 is 47.2 Å². The number of rotatable bonds is 8. The number of ether oxygens (including phenoxy) is 4. The molecule has 0 heterocycles. The fraction of sp³-hybridized carbons (Fsp3) is 0.679. The van der Waals surface area contributed by atoms with Gasteiger partial charge in [0.25, 0.3) is 5.67 Å². The van der Waals surface area contributed by atoms with Gasteiger partial charge < -0.3 is 29.8 Å². The van der Waals surface area contributed by atoms with E-state index in [1.165, 1.54) is 31.2 Å². The van der Waals surface area contributed by atoms with Crippen molar-refractivity contribution in [2.45, 2.75) is 89.7 Å². The molecule has 5 rings (SSSR count). The van der Waals surface area contributed by atoms with Crippen molar-refractivity contribution in [1.29, 1.82) is 0 Å². The second kappa shape index (κ2) is 9.12. The highest BCUT2D eigenvalue weighted by molar-refractivity contribution is 5.91. The molecule has 214 valence electrons. The Kier molecular flexibility index (Phi) is 6.49. The first kappa shape index (κ1) is 27.8. The number of halogens is 2. The minimum absolute atomic E-state index is 0.0555. The van der Waals surface area contributed by atoms with Crippen LogP contribution in [-0.2, 0) is 35.1 Å². The van der Waals surface area contributed by atoms with E-state index in [-0.39, 0.29) is 30.0 Å². The van der Waals surface area contributed by atoms with Gasteiger partial charge in [-0.15, -0.1) is 0 Å². The van der Waals surface area contributed by atoms with Crippen molar-refractivity contribution >= 4 is 18.1 Å². The van der Waals surface area contributed by atoms with Crippen LogP contribution in [0.15, 0.2) is 24.3 Å². The van der Waals surface area contributed by atoms with E-state index in [1.54, 1.807) is 0 Å². The van der Waals surface area contributed by atoms with Crippen molar-refractivity contribution in [2.24, 2.45) is 34.3 Å². The zero-order chi connectivity index (χ0) is 28.5. The Morgan fingerprint density at radius 1 is 1.15 bits per heavy atom. The topological polar surface area (TPSA) is 137 Å². The number of hydrogen-bond donors (Lipinski definition) is 1. The molecule has 4 aliphatic rings. The molecule has 0 aliphatic heterocycles. The lowest BCUT2D eigenvalue weighted by Crippen LogP contribution is -2.61. The lowest BCUT2D eigenvalue weighted by Gasteiger charge is -2.41. The van der Waals surface area contributed by atoms with Crippen LogP contribution in [0.2, 0.25) is 0 Å². The predicted octanol–water partition coefficient (Wildman–Crippen LogP) is 3.27. The van der Waals surface area contributed by atoms with Crippen LogP contribution >= 0.6 is 0 Å². The maximum atomic E-state index is 15.3. The first-order valence-electron chi connectivity index (χ1n) is 13.3. The SMILES string of the molecule is CC(OC(=O)O[C@H]1C(C)(C)[C@H]2CC[C@]1(C)C2)OC(=O)[C@@]1(N)[C@H]2[C@@H](C[C@H]1OCc1ccc(F)cc1)[C@]2(F)C(=O)[OH2+]. The zero-order valence-electron chi connectivity index (χ0n) is 22.5. The monoisotopic (exact) mass is 552 g/mol. The molecule has 4 fully saturated rings. The van der Waals surface area contributed by atoms with E-state index >= 15 is 4.39 Å². The average Bonchev–Trinajstić information content (AvgIpc) is 3.08. The van der Waals surface area contributed by atoms with Crippen LogP contribution in [0.4, 0.5) is 13.6 Å². The molecule has 9 nitrogen and oxygen atoms in total. The molecule has 1 aromatic rings. The van der Waals surface area contributed by atoms with E-state index in [4.69, 9.17) is 29.8 Å². The standard InChI is InChI=1S/C28H35F2NO8/c1-14(38-24(35)39-21-25(2,3)16-9-10-26(21,4)12-16)37-23(34)28(31)19(11-18-20(28)27(18,30)22(32)33)36-13-15-5-7-17(29)8-6-15/h5-8,14,16,18-21H,9-13,31H2,1-4H3,(H,32,33)/p+1/t14?,16-,18+,19+,20-,21-,26+,27+,28-/m0/s1. The summed E-state index contributed by atoms with van der Waals surface area (Å²) in [5.41, 5.74) is 1.95. The van der Waals surface area contributed by atoms with Gasteiger partial charge in [0.1, 0.15) is 17.5 Å². The first-order chi connectivity index (χ1) is 18.1. The largest absolute Gasteiger partial charge is 0.562 e. The Morgan fingerprint density at radius 2 is 1.82 bits per heavy atom. The van der Waals surface area contributed by atoms with E-state index in [2.05, 4.69) is 20.8 Å². The van der Waals surface area contributed by atoms with Crippen LogP contribution in [0.25, 0.3) is 0 Å². The normalized spacial score (nSPS) is 40.0. The summed E-state index contributed by atoms with van der Waals surface area (Å²) in [6, 6.07) is 5.48. The number of esters is 1. The molecule has 0 saturated heterocycles. The molecule has 4 aliphatic carbocycles. The molecule has 1 aromatic carbocycles. The third-order valence-electron chi connectivity index (χ3n) is 9.75. The average molecular weight is 553 g/mol. The Bertz CT molecular complexity index is 1170. The molecule has 4 N–H and O–H groups in total. The molecule has 2 bridgehead atoms. The minimum atomic E-state index is -2.59. The van der Waals surface area contributed by atoms with Gasteiger partial charge in [0.2, 0.25) is 6.29 Å². The van der Waals surface area contributed by atoms with Crippen LogP contribution in [0.5, 0.6) is 0 Å². The third kappa shape index (κ3) is 4.28. The summed E-state index contributed by atoms with van der Waals surface area (Å²) in [5, 5.41) is 7.37. The van der Waals surface area contributed by atoms with Crippen molar-refractivity contribution in [3.05, 3.63) is 35.6 Å². The Hall–Kier alpha value is -2.79. The molecule has 0 aromatic heterocycles. The lowest BCUT2D eigenvalue weighted by atomic mass is 9.70. The Labute approximate surface area is 225 Å². The second-order valence-corrected chi connectivity index (χ2v) is 12.5. The van der Waals surface area contributed by atoms with Gasteiger partial charge in [-0.25, -0.2) is 18.4 Å². The van der Waals surface area contributed by atoms with Crippen LogP contribution in [0.1, 0.15) is 58.9 Å². The number of alkyl halides is 1. The Balaban J connectivity index is 1.25. The molecule has 9 atom stereocenters. The van der Waals surface area contributed by atoms with E-state index in [0.29, 0.717) is 11.5 Å². The quantitative estimate of drug-likeness (QED) is 0.295. The highest BCUT2D eigenvalue weighted by atomic mass is 19.1. The van der Waals surface area contributed by atoms with Gasteiger partial charge in [-0.2, -0.15) is 0 Å². The van der Waals surface area contributed by atoms with E-state index < -0.39 is 59.3 Å². The highest BCUT2D eigenvalue weighted by Crippen LogP contribution is 2.67. The maximum absolute atomic E-state index is 15.3. The van der Waals surface area contributed by atoms with Crippen molar-refractivity contribution in [1.82, 2.24) is 0 Å². The number of fused-ring (bicyclic) bond motifs is 3. The number of nitrogens with two attached hydrogens (primary N) is 1. The number of hydrogen-bond acceptors (Lipinski definition) is 8. The van der Waals surface area contributed by atoms with Crippen molar-refractivity contribution in [3.63, 3.8) is 0 Å². The summed E-state index contributed by atoms with van der Waals surface area (Å²) in [6.07, 6.45) is -0.935. The zero-order valence-corrected chi connectivity index (χ0v) is 22.5. The molecule has 39 heavy (non-hydrogen) atoms. The summed E-state index contributed by atoms with van der Waals surface area (Å²) < 4.78 is 50.6. The van der Waals surface area contributed by atoms with Gasteiger partial charge in [-0.3, -0.25) is 0 Å². The third-order valence-corrected chi connectivity index (χ3v) is 9.75. The van der Waals surface area contributed by atoms with Gasteiger partial charge in [-0.1, -0.05) is 32.9 Å². The second-order valence-electron chi connectivity index (χ2n) is 12.5. The van der Waals surface area contributed by atoms with Crippen LogP contribution in [-0.4, -0.2) is 52.9 Å². The number of benzene rings is 1. The predicted molar refractivity (Wildman–Crippen MR) is 132 cm³/mol. The molecule has 0 radical (unpaired) electrons. The van der Waals surface area contributed by atoms with Crippen molar-refractivity contribution in [2.75, 3.05) is 0 Å². The maximum Gasteiger partial charge on any atom is 0.554 e. The molecule has 1 unspecified atom stereocenters. The first-order valence-corrected chi connectivity index (χ1v) is 13.3. The van der Waals surface area contributed by atoms with Gasteiger partial charge in [0.15, 0.2) is 0 Å². The minimum Gasteiger partial charge on any atom is -0.562 e. The van der Waals surface area contributed by atoms with E-state index in [1.807, 2.05) is 0 Å². The van der Waals surface area contributed by atoms with Gasteiger partial charge >= 0.3 is 18.1 Å². The molecular weight excluding hydrogens is 516 g/mol. The van der Waals surface area contributed by atoms with Gasteiger partial charge in [0, 0.05) is 34.4 Å². The fourth-order valence-electron chi connectivity index (χ4n) is 7.68. The summed E-state index contributed by atoms with van der Waals surface area (Å²) >= 11 is 0. The van der Waals surface area contributed by atoms with E-state index in [9.17, 15) is 18.8 Å². The smallest absolute Gasteiger partial charge is 0.554 e. The van der Waals surface area contributed by atoms with E-state index in [0.717, 1.165) is 19.3 Å². The van der Waals surface area contributed by atoms with Crippen LogP contribution in [0.3, 0.4) is 0 Å². The number of carbonyl (C=O) groups excluding carboxylic acids is 3. The fourth-order valence-corrected chi connectivity index (χ4v) is 7.68. The van der Waals surface area contributed by atoms with Crippen molar-refractivity contribution in [3.8, 4) is 0 Å². The summed E-state index contributed by atoms with van der Waals surface area (Å²) in [5.74, 6) is -4.89. The summed E-state index contributed by atoms with van der Waals surface area (Å²) in [7, 11) is 0. The summed E-state index contributed by atoms with van der Waals surface area (Å²) in [4.78, 5) is 37.7. The lowest BCUT2D eigenvalue weighted by molar-refractivity contribution is -0.185.